The van der Waals surface area contributed by atoms with Crippen LogP contribution in [0.1, 0.15) is 127 Å². The molecule has 4 aromatic rings. The molecule has 3 amide bonds. The van der Waals surface area contributed by atoms with Gasteiger partial charge in [0.1, 0.15) is 41.7 Å². The Bertz CT molecular complexity index is 2530. The zero-order valence-electron chi connectivity index (χ0n) is 43.0. The minimum absolute atomic E-state index is 0.0308. The largest absolute Gasteiger partial charge is 0.493 e. The van der Waals surface area contributed by atoms with Crippen molar-refractivity contribution in [2.75, 3.05) is 46.1 Å². The molecule has 1 aliphatic carbocycles. The van der Waals surface area contributed by atoms with Crippen molar-refractivity contribution in [1.29, 1.82) is 0 Å². The number of ether oxygens (including phenoxy) is 3. The lowest BCUT2D eigenvalue weighted by Crippen LogP contribution is -2.58. The number of hydrogen-bond acceptors (Lipinski definition) is 10. The first-order chi connectivity index (χ1) is 34.2. The van der Waals surface area contributed by atoms with E-state index in [1.807, 2.05) is 94.4 Å². The minimum Gasteiger partial charge on any atom is -0.493 e. The summed E-state index contributed by atoms with van der Waals surface area (Å²) in [5.74, 6) is -2.62. The molecule has 390 valence electrons. The SMILES string of the molecule is Cc1ncsc1-c1ccc([C@H](C)NC(=O)[C@@H]2C[C@@H](O)CN2C(=O)[C@@H](NC(=O)COCCCOCCCCCOc2cc(F)c([C@@H]3C4=C(C[C@@H](C)N3CC(C)(C)F)c3ccccc3C4)c(F)c2)C(C)(C)C)cc1. The molecule has 72 heavy (non-hydrogen) atoms. The number of rotatable bonds is 22. The fourth-order valence-electron chi connectivity index (χ4n) is 10.2. The summed E-state index contributed by atoms with van der Waals surface area (Å²) in [7, 11) is 0. The number of hydrogen-bond donors (Lipinski definition) is 3. The zero-order chi connectivity index (χ0) is 51.9. The molecule has 1 fully saturated rings. The highest BCUT2D eigenvalue weighted by molar-refractivity contribution is 7.13. The molecule has 1 aromatic heterocycles. The molecule has 0 radical (unpaired) electrons. The number of aryl methyl sites for hydroxylation is 1. The number of aliphatic hydroxyl groups excluding tert-OH is 1. The molecule has 3 aromatic carbocycles. The smallest absolute Gasteiger partial charge is 0.246 e. The van der Waals surface area contributed by atoms with Gasteiger partial charge >= 0.3 is 0 Å². The standard InChI is InChI=1S/C56H72F3N5O7S/c1-34-25-43-42-16-11-10-15-39(42)26-44(43)50(64(34)32-56(7,8)59)49-45(57)28-41(29-46(49)58)71-24-13-9-12-21-69-22-14-23-70-31-48(66)62-52(55(4,5)6)54(68)63-30-40(65)27-47(63)53(67)61-35(2)37-17-19-38(20-18-37)51-36(3)60-33-72-51/h10-11,15-20,28-29,33-35,40,47,50,52,65H,9,12-14,21-27,30-32H2,1-8H3,(H,61,67)(H,62,66)/t34-,35+,40-,47+,50+,52-/m1/s1. The van der Waals surface area contributed by atoms with E-state index >= 15 is 13.2 Å². The predicted molar refractivity (Wildman–Crippen MR) is 274 cm³/mol. The summed E-state index contributed by atoms with van der Waals surface area (Å²) in [5, 5.41) is 16.5. The van der Waals surface area contributed by atoms with Gasteiger partial charge in [-0.15, -0.1) is 11.3 Å². The molecule has 0 spiro atoms. The van der Waals surface area contributed by atoms with Crippen molar-refractivity contribution >= 4 is 34.6 Å². The summed E-state index contributed by atoms with van der Waals surface area (Å²) in [6.45, 7) is 15.5. The molecule has 6 atom stereocenters. The summed E-state index contributed by atoms with van der Waals surface area (Å²) in [6.07, 6.45) is 3.13. The lowest BCUT2D eigenvalue weighted by molar-refractivity contribution is -0.144. The van der Waals surface area contributed by atoms with Crippen LogP contribution in [0.25, 0.3) is 16.0 Å². The first-order valence-corrected chi connectivity index (χ1v) is 26.2. The zero-order valence-corrected chi connectivity index (χ0v) is 43.8. The van der Waals surface area contributed by atoms with Crippen molar-refractivity contribution < 1.29 is 46.9 Å². The quantitative estimate of drug-likeness (QED) is 0.0657. The summed E-state index contributed by atoms with van der Waals surface area (Å²) in [6, 6.07) is 15.3. The molecule has 0 bridgehead atoms. The first kappa shape index (κ1) is 54.6. The molecule has 3 aliphatic rings. The Morgan fingerprint density at radius 2 is 1.60 bits per heavy atom. The van der Waals surface area contributed by atoms with Crippen molar-refractivity contribution in [1.82, 2.24) is 25.4 Å². The maximum absolute atomic E-state index is 16.1. The second kappa shape index (κ2) is 23.8. The number of amides is 3. The van der Waals surface area contributed by atoms with Crippen molar-refractivity contribution in [2.24, 2.45) is 5.41 Å². The Balaban J connectivity index is 0.795. The van der Waals surface area contributed by atoms with Crippen molar-refractivity contribution in [2.45, 2.75) is 142 Å². The topological polar surface area (TPSA) is 143 Å². The second-order valence-electron chi connectivity index (χ2n) is 21.3. The third-order valence-corrected chi connectivity index (χ3v) is 14.8. The molecular formula is C56H72F3N5O7S. The van der Waals surface area contributed by atoms with Crippen LogP contribution in [0.15, 0.2) is 71.7 Å². The fourth-order valence-corrected chi connectivity index (χ4v) is 11.0. The van der Waals surface area contributed by atoms with Gasteiger partial charge in [0, 0.05) is 63.1 Å². The summed E-state index contributed by atoms with van der Waals surface area (Å²) in [5.41, 5.74) is 6.59. The fraction of sp³-hybridized carbons (Fsp3) is 0.536. The number of carbonyl (C=O) groups excluding carboxylic acids is 3. The highest BCUT2D eigenvalue weighted by Crippen LogP contribution is 2.50. The van der Waals surface area contributed by atoms with E-state index in [4.69, 9.17) is 14.2 Å². The number of fused-ring (bicyclic) bond motifs is 2. The number of unbranched alkanes of at least 4 members (excludes halogenated alkanes) is 2. The van der Waals surface area contributed by atoms with E-state index in [0.717, 1.165) is 56.8 Å². The van der Waals surface area contributed by atoms with Gasteiger partial charge in [-0.2, -0.15) is 0 Å². The third-order valence-electron chi connectivity index (χ3n) is 13.8. The molecule has 7 rings (SSSR count). The number of carbonyl (C=O) groups is 3. The first-order valence-electron chi connectivity index (χ1n) is 25.3. The predicted octanol–water partition coefficient (Wildman–Crippen LogP) is 9.63. The molecule has 2 aliphatic heterocycles. The Morgan fingerprint density at radius 1 is 0.917 bits per heavy atom. The number of nitrogens with one attached hydrogen (secondary N) is 2. The number of nitrogens with zero attached hydrogens (tertiary/aromatic N) is 3. The van der Waals surface area contributed by atoms with E-state index in [1.54, 1.807) is 11.3 Å². The molecule has 3 heterocycles. The molecule has 3 N–H and O–H groups in total. The number of aliphatic hydroxyl groups is 1. The number of thiazole rings is 1. The van der Waals surface area contributed by atoms with Crippen LogP contribution in [0.5, 0.6) is 5.75 Å². The molecule has 12 nitrogen and oxygen atoms in total. The van der Waals surface area contributed by atoms with Gasteiger partial charge in [-0.05, 0) is 112 Å². The number of halogens is 3. The van der Waals surface area contributed by atoms with Crippen molar-refractivity contribution in [3.63, 3.8) is 0 Å². The normalized spacial score (nSPS) is 20.0. The average molecular weight is 1020 g/mol. The molecule has 0 unspecified atom stereocenters. The maximum atomic E-state index is 16.1. The molecular weight excluding hydrogens is 944 g/mol. The van der Waals surface area contributed by atoms with Crippen LogP contribution in [0.3, 0.4) is 0 Å². The highest BCUT2D eigenvalue weighted by atomic mass is 32.1. The van der Waals surface area contributed by atoms with Gasteiger partial charge in [-0.3, -0.25) is 19.3 Å². The van der Waals surface area contributed by atoms with Crippen LogP contribution >= 0.6 is 11.3 Å². The Labute approximate surface area is 426 Å². The van der Waals surface area contributed by atoms with E-state index < -0.39 is 58.8 Å². The number of aromatic nitrogens is 1. The van der Waals surface area contributed by atoms with Gasteiger partial charge in [0.25, 0.3) is 0 Å². The molecule has 16 heteroatoms. The summed E-state index contributed by atoms with van der Waals surface area (Å²) in [4.78, 5) is 49.5. The summed E-state index contributed by atoms with van der Waals surface area (Å²) >= 11 is 1.57. The number of alkyl halides is 1. The van der Waals surface area contributed by atoms with E-state index in [0.29, 0.717) is 38.9 Å². The van der Waals surface area contributed by atoms with Crippen LogP contribution in [-0.4, -0.2) is 114 Å². The summed E-state index contributed by atoms with van der Waals surface area (Å²) < 4.78 is 64.5. The second-order valence-corrected chi connectivity index (χ2v) is 22.1. The van der Waals surface area contributed by atoms with E-state index in [1.165, 1.54) is 30.9 Å². The van der Waals surface area contributed by atoms with E-state index in [2.05, 4.69) is 21.7 Å². The molecule has 0 saturated carbocycles. The monoisotopic (exact) mass is 1020 g/mol. The molecule has 1 saturated heterocycles. The maximum Gasteiger partial charge on any atom is 0.246 e. The van der Waals surface area contributed by atoms with Gasteiger partial charge in [-0.1, -0.05) is 69.3 Å². The van der Waals surface area contributed by atoms with Gasteiger partial charge < -0.3 is 34.9 Å². The van der Waals surface area contributed by atoms with Crippen molar-refractivity contribution in [3.8, 4) is 16.2 Å². The van der Waals surface area contributed by atoms with Crippen LogP contribution in [0, 0.1) is 24.0 Å². The van der Waals surface area contributed by atoms with Crippen molar-refractivity contribution in [3.05, 3.63) is 111 Å². The Morgan fingerprint density at radius 3 is 2.28 bits per heavy atom. The number of likely N-dealkylation sites (tertiary alicyclic amines) is 1. The van der Waals surface area contributed by atoms with Crippen LogP contribution in [0.4, 0.5) is 13.2 Å². The number of β-amino-alcohol motifs (C(OH)–C–C–N with tert-alkyl or cyclic N) is 1. The Hall–Kier alpha value is -5.13. The highest BCUT2D eigenvalue weighted by Gasteiger charge is 2.46. The lowest BCUT2D eigenvalue weighted by atomic mass is 9.84. The third kappa shape index (κ3) is 13.5. The van der Waals surface area contributed by atoms with Crippen LogP contribution in [0.2, 0.25) is 0 Å². The van der Waals surface area contributed by atoms with Gasteiger partial charge in [-0.25, -0.2) is 18.2 Å². The lowest BCUT2D eigenvalue weighted by Gasteiger charge is -2.44. The van der Waals surface area contributed by atoms with Gasteiger partial charge in [0.05, 0.1) is 40.9 Å². The van der Waals surface area contributed by atoms with Crippen LogP contribution in [-0.2, 0) is 30.3 Å². The minimum atomic E-state index is -1.57. The Kier molecular flexibility index (Phi) is 18.1. The van der Waals surface area contributed by atoms with Crippen LogP contribution < -0.4 is 15.4 Å². The van der Waals surface area contributed by atoms with Gasteiger partial charge in [0.15, 0.2) is 0 Å². The van der Waals surface area contributed by atoms with Gasteiger partial charge in [0.2, 0.25) is 17.7 Å². The average Bonchev–Trinajstić information content (AvgIpc) is 4.04. The number of benzene rings is 3. The van der Waals surface area contributed by atoms with E-state index in [-0.39, 0.29) is 68.6 Å². The van der Waals surface area contributed by atoms with E-state index in [9.17, 15) is 19.5 Å².